The Labute approximate surface area is 164 Å². The lowest BCUT2D eigenvalue weighted by Gasteiger charge is -2.39. The quantitative estimate of drug-likeness (QED) is 0.749. The van der Waals surface area contributed by atoms with Gasteiger partial charge in [0.1, 0.15) is 5.60 Å². The van der Waals surface area contributed by atoms with Crippen molar-refractivity contribution in [3.05, 3.63) is 71.3 Å². The van der Waals surface area contributed by atoms with Crippen molar-refractivity contribution >= 4 is 11.9 Å². The molecule has 1 fully saturated rings. The fraction of sp³-hybridized carbons (Fsp3) is 0.364. The van der Waals surface area contributed by atoms with Gasteiger partial charge in [-0.1, -0.05) is 30.3 Å². The summed E-state index contributed by atoms with van der Waals surface area (Å²) in [7, 11) is 1.31. The first-order valence-electron chi connectivity index (χ1n) is 9.37. The highest BCUT2D eigenvalue weighted by Crippen LogP contribution is 2.35. The highest BCUT2D eigenvalue weighted by Gasteiger charge is 2.39. The van der Waals surface area contributed by atoms with E-state index in [0.29, 0.717) is 24.3 Å². The van der Waals surface area contributed by atoms with Crippen molar-refractivity contribution in [2.24, 2.45) is 5.92 Å². The molecule has 0 aliphatic carbocycles. The van der Waals surface area contributed by atoms with E-state index in [2.05, 4.69) is 10.1 Å². The number of benzene rings is 2. The van der Waals surface area contributed by atoms with Crippen LogP contribution in [0.5, 0.6) is 0 Å². The normalized spacial score (nSPS) is 16.8. The molecule has 1 aliphatic heterocycles. The van der Waals surface area contributed by atoms with Gasteiger partial charge in [0.15, 0.2) is 0 Å². The molecule has 2 aromatic rings. The highest BCUT2D eigenvalue weighted by atomic mass is 16.5. The number of ether oxygens (including phenoxy) is 2. The fourth-order valence-corrected chi connectivity index (χ4v) is 3.58. The molecule has 1 heterocycles. The van der Waals surface area contributed by atoms with Gasteiger partial charge in [0, 0.05) is 18.8 Å². The molecule has 0 radical (unpaired) electrons. The van der Waals surface area contributed by atoms with E-state index in [-0.39, 0.29) is 18.4 Å². The van der Waals surface area contributed by atoms with E-state index in [9.17, 15) is 14.7 Å². The lowest BCUT2D eigenvalue weighted by atomic mass is 9.77. The molecule has 1 saturated heterocycles. The number of amides is 1. The Morgan fingerprint density at radius 1 is 1.07 bits per heavy atom. The number of carbonyl (C=O) groups is 2. The summed E-state index contributed by atoms with van der Waals surface area (Å²) in [5, 5.41) is 14.4. The van der Waals surface area contributed by atoms with Crippen LogP contribution in [0.2, 0.25) is 0 Å². The minimum absolute atomic E-state index is 0.00866. The van der Waals surface area contributed by atoms with Gasteiger partial charge in [0.2, 0.25) is 0 Å². The zero-order chi connectivity index (χ0) is 20.0. The van der Waals surface area contributed by atoms with Crippen LogP contribution in [0, 0.1) is 5.92 Å². The third-order valence-electron chi connectivity index (χ3n) is 5.26. The molecule has 2 N–H and O–H groups in total. The Hall–Kier alpha value is -2.70. The van der Waals surface area contributed by atoms with E-state index >= 15 is 0 Å². The van der Waals surface area contributed by atoms with Crippen molar-refractivity contribution in [1.82, 2.24) is 5.32 Å². The summed E-state index contributed by atoms with van der Waals surface area (Å²) in [6.07, 6.45) is 1.46. The Kier molecular flexibility index (Phi) is 6.44. The minimum Gasteiger partial charge on any atom is -0.465 e. The van der Waals surface area contributed by atoms with Crippen molar-refractivity contribution < 1.29 is 24.2 Å². The first kappa shape index (κ1) is 20.0. The average molecular weight is 383 g/mol. The van der Waals surface area contributed by atoms with Crippen molar-refractivity contribution in [2.75, 3.05) is 26.9 Å². The fourth-order valence-electron chi connectivity index (χ4n) is 3.58. The van der Waals surface area contributed by atoms with E-state index in [1.165, 1.54) is 7.11 Å². The standard InChI is InChI=1S/C22H25NO5/c1-27-21(25)17-9-7-16(8-10-17)20(24)23-15-22(26,18-5-3-2-4-6-18)19-11-13-28-14-12-19/h2-10,19,26H,11-15H2,1H3,(H,23,24)/t22-/m0/s1. The second-order valence-corrected chi connectivity index (χ2v) is 6.93. The number of hydrogen-bond donors (Lipinski definition) is 2. The second kappa shape index (κ2) is 8.99. The summed E-state index contributed by atoms with van der Waals surface area (Å²) in [6, 6.07) is 15.6. The Morgan fingerprint density at radius 2 is 1.68 bits per heavy atom. The van der Waals surface area contributed by atoms with E-state index in [0.717, 1.165) is 18.4 Å². The van der Waals surface area contributed by atoms with Gasteiger partial charge in [-0.05, 0) is 48.6 Å². The molecular weight excluding hydrogens is 358 g/mol. The first-order chi connectivity index (χ1) is 13.5. The molecule has 0 saturated carbocycles. The second-order valence-electron chi connectivity index (χ2n) is 6.93. The number of hydrogen-bond acceptors (Lipinski definition) is 5. The number of methoxy groups -OCH3 is 1. The molecule has 0 bridgehead atoms. The molecule has 0 spiro atoms. The lowest BCUT2D eigenvalue weighted by Crippen LogP contribution is -2.47. The maximum atomic E-state index is 12.6. The average Bonchev–Trinajstić information content (AvgIpc) is 2.78. The van der Waals surface area contributed by atoms with Crippen LogP contribution < -0.4 is 5.32 Å². The molecule has 2 aromatic carbocycles. The summed E-state index contributed by atoms with van der Waals surface area (Å²) in [6.45, 7) is 1.30. The molecule has 6 heteroatoms. The SMILES string of the molecule is COC(=O)c1ccc(C(=O)NC[C@](O)(c2ccccc2)C2CCOCC2)cc1. The molecule has 28 heavy (non-hydrogen) atoms. The van der Waals surface area contributed by atoms with E-state index in [1.54, 1.807) is 24.3 Å². The van der Waals surface area contributed by atoms with E-state index in [1.807, 2.05) is 30.3 Å². The van der Waals surface area contributed by atoms with Crippen LogP contribution in [0.15, 0.2) is 54.6 Å². The smallest absolute Gasteiger partial charge is 0.337 e. The Bertz CT molecular complexity index is 799. The minimum atomic E-state index is -1.17. The van der Waals surface area contributed by atoms with Crippen LogP contribution in [0.25, 0.3) is 0 Å². The molecular formula is C22H25NO5. The van der Waals surface area contributed by atoms with Gasteiger partial charge in [-0.2, -0.15) is 0 Å². The summed E-state index contributed by atoms with van der Waals surface area (Å²) in [4.78, 5) is 24.1. The summed E-state index contributed by atoms with van der Waals surface area (Å²) >= 11 is 0. The molecule has 0 aromatic heterocycles. The Morgan fingerprint density at radius 3 is 2.29 bits per heavy atom. The maximum Gasteiger partial charge on any atom is 0.337 e. The molecule has 3 rings (SSSR count). The van der Waals surface area contributed by atoms with Gasteiger partial charge < -0.3 is 19.9 Å². The van der Waals surface area contributed by atoms with Crippen LogP contribution in [-0.4, -0.2) is 43.9 Å². The number of esters is 1. The van der Waals surface area contributed by atoms with Gasteiger partial charge in [0.25, 0.3) is 5.91 Å². The molecule has 1 amide bonds. The van der Waals surface area contributed by atoms with Gasteiger partial charge in [0.05, 0.1) is 19.2 Å². The van der Waals surface area contributed by atoms with Gasteiger partial charge in [-0.15, -0.1) is 0 Å². The predicted molar refractivity (Wildman–Crippen MR) is 104 cm³/mol. The van der Waals surface area contributed by atoms with Crippen LogP contribution in [0.1, 0.15) is 39.1 Å². The zero-order valence-electron chi connectivity index (χ0n) is 15.9. The maximum absolute atomic E-state index is 12.6. The monoisotopic (exact) mass is 383 g/mol. The number of nitrogens with one attached hydrogen (secondary N) is 1. The third-order valence-corrected chi connectivity index (χ3v) is 5.26. The van der Waals surface area contributed by atoms with E-state index in [4.69, 9.17) is 4.74 Å². The Balaban J connectivity index is 1.74. The number of rotatable bonds is 6. The topological polar surface area (TPSA) is 84.9 Å². The lowest BCUT2D eigenvalue weighted by molar-refractivity contribution is -0.0680. The van der Waals surface area contributed by atoms with Crippen molar-refractivity contribution in [1.29, 1.82) is 0 Å². The molecule has 6 nitrogen and oxygen atoms in total. The van der Waals surface area contributed by atoms with Gasteiger partial charge in [-0.25, -0.2) is 4.79 Å². The van der Waals surface area contributed by atoms with Crippen molar-refractivity contribution in [2.45, 2.75) is 18.4 Å². The largest absolute Gasteiger partial charge is 0.465 e. The van der Waals surface area contributed by atoms with Gasteiger partial charge in [-0.3, -0.25) is 4.79 Å². The van der Waals surface area contributed by atoms with Crippen LogP contribution >= 0.6 is 0 Å². The summed E-state index contributed by atoms with van der Waals surface area (Å²) < 4.78 is 10.1. The van der Waals surface area contributed by atoms with Crippen LogP contribution in [0.4, 0.5) is 0 Å². The predicted octanol–water partition coefficient (Wildman–Crippen LogP) is 2.52. The third kappa shape index (κ3) is 4.40. The first-order valence-corrected chi connectivity index (χ1v) is 9.37. The van der Waals surface area contributed by atoms with Crippen molar-refractivity contribution in [3.8, 4) is 0 Å². The number of aliphatic hydroxyl groups is 1. The van der Waals surface area contributed by atoms with E-state index < -0.39 is 11.6 Å². The summed E-state index contributed by atoms with van der Waals surface area (Å²) in [5.74, 6) is -0.770. The van der Waals surface area contributed by atoms with Crippen LogP contribution in [0.3, 0.4) is 0 Å². The van der Waals surface area contributed by atoms with Crippen molar-refractivity contribution in [3.63, 3.8) is 0 Å². The molecule has 1 atom stereocenters. The highest BCUT2D eigenvalue weighted by molar-refractivity contribution is 5.96. The molecule has 0 unspecified atom stereocenters. The zero-order valence-corrected chi connectivity index (χ0v) is 15.9. The molecule has 148 valence electrons. The van der Waals surface area contributed by atoms with Crippen LogP contribution in [-0.2, 0) is 15.1 Å². The summed E-state index contributed by atoms with van der Waals surface area (Å²) in [5.41, 5.74) is 0.396. The molecule has 1 aliphatic rings. The number of carbonyl (C=O) groups excluding carboxylic acids is 2. The van der Waals surface area contributed by atoms with Gasteiger partial charge >= 0.3 is 5.97 Å².